The SMILES string of the molecule is CCOC(=O)c1cnc(-c2cccc3cccc(Cl)c23)c(F)c1NC(=O)CC(=O)OC. The number of carbonyl (C=O) groups is 3. The van der Waals surface area contributed by atoms with Gasteiger partial charge in [0.1, 0.15) is 17.7 Å². The van der Waals surface area contributed by atoms with Gasteiger partial charge in [0.2, 0.25) is 5.91 Å². The summed E-state index contributed by atoms with van der Waals surface area (Å²) in [6, 6.07) is 10.4. The highest BCUT2D eigenvalue weighted by Gasteiger charge is 2.25. The summed E-state index contributed by atoms with van der Waals surface area (Å²) in [5, 5.41) is 3.98. The predicted molar refractivity (Wildman–Crippen MR) is 113 cm³/mol. The summed E-state index contributed by atoms with van der Waals surface area (Å²) in [5.74, 6) is -3.50. The third kappa shape index (κ3) is 4.64. The van der Waals surface area contributed by atoms with Crippen LogP contribution in [0.1, 0.15) is 23.7 Å². The van der Waals surface area contributed by atoms with Crippen molar-refractivity contribution >= 4 is 45.9 Å². The van der Waals surface area contributed by atoms with Crippen LogP contribution in [0.4, 0.5) is 10.1 Å². The highest BCUT2D eigenvalue weighted by atomic mass is 35.5. The Kier molecular flexibility index (Phi) is 6.81. The Morgan fingerprint density at radius 2 is 1.87 bits per heavy atom. The van der Waals surface area contributed by atoms with E-state index in [9.17, 15) is 14.4 Å². The molecule has 3 rings (SSSR count). The largest absolute Gasteiger partial charge is 0.469 e. The quantitative estimate of drug-likeness (QED) is 0.448. The van der Waals surface area contributed by atoms with E-state index in [1.807, 2.05) is 12.1 Å². The maximum absolute atomic E-state index is 15.6. The number of ether oxygens (including phenoxy) is 2. The molecule has 0 aliphatic rings. The number of nitrogens with zero attached hydrogens (tertiary/aromatic N) is 1. The third-order valence-electron chi connectivity index (χ3n) is 4.42. The molecule has 9 heteroatoms. The van der Waals surface area contributed by atoms with Crippen LogP contribution in [0.2, 0.25) is 5.02 Å². The minimum atomic E-state index is -0.962. The molecule has 0 unspecified atom stereocenters. The van der Waals surface area contributed by atoms with Crippen molar-refractivity contribution in [3.8, 4) is 11.3 Å². The number of benzene rings is 2. The van der Waals surface area contributed by atoms with Crippen LogP contribution in [0, 0.1) is 5.82 Å². The van der Waals surface area contributed by atoms with Gasteiger partial charge in [-0.2, -0.15) is 0 Å². The maximum atomic E-state index is 15.6. The molecule has 0 aliphatic heterocycles. The lowest BCUT2D eigenvalue weighted by atomic mass is 10.00. The lowest BCUT2D eigenvalue weighted by Crippen LogP contribution is -2.21. The molecule has 0 atom stereocenters. The van der Waals surface area contributed by atoms with Gasteiger partial charge in [0, 0.05) is 22.2 Å². The fourth-order valence-corrected chi connectivity index (χ4v) is 3.32. The van der Waals surface area contributed by atoms with Crippen LogP contribution >= 0.6 is 11.6 Å². The van der Waals surface area contributed by atoms with Gasteiger partial charge in [-0.25, -0.2) is 9.18 Å². The van der Waals surface area contributed by atoms with E-state index in [0.29, 0.717) is 16.0 Å². The fraction of sp³-hybridized carbons (Fsp3) is 0.182. The van der Waals surface area contributed by atoms with E-state index in [0.717, 1.165) is 18.7 Å². The number of anilines is 1. The number of rotatable bonds is 6. The second-order valence-corrected chi connectivity index (χ2v) is 6.78. The Bertz CT molecular complexity index is 1180. The number of methoxy groups -OCH3 is 1. The number of esters is 2. The summed E-state index contributed by atoms with van der Waals surface area (Å²) in [4.78, 5) is 40.0. The highest BCUT2D eigenvalue weighted by Crippen LogP contribution is 2.36. The van der Waals surface area contributed by atoms with Crippen molar-refractivity contribution in [1.82, 2.24) is 4.98 Å². The fourth-order valence-electron chi connectivity index (χ4n) is 3.04. The summed E-state index contributed by atoms with van der Waals surface area (Å²) in [6.45, 7) is 1.63. The highest BCUT2D eigenvalue weighted by molar-refractivity contribution is 6.36. The standard InChI is InChI=1S/C22H18ClFN2O5/c1-3-31-22(29)14-11-25-20(19(24)21(14)26-16(27)10-17(28)30-2)13-8-4-6-12-7-5-9-15(23)18(12)13/h4-9,11H,3,10H2,1-2H3,(H,25,26,27). The van der Waals surface area contributed by atoms with Gasteiger partial charge >= 0.3 is 11.9 Å². The molecule has 1 N–H and O–H groups in total. The molecule has 0 radical (unpaired) electrons. The Balaban J connectivity index is 2.17. The minimum absolute atomic E-state index is 0.0384. The molecule has 0 fully saturated rings. The smallest absolute Gasteiger partial charge is 0.341 e. The molecule has 1 heterocycles. The van der Waals surface area contributed by atoms with Gasteiger partial charge in [-0.05, 0) is 18.4 Å². The number of fused-ring (bicyclic) bond motifs is 1. The van der Waals surface area contributed by atoms with E-state index in [1.165, 1.54) is 0 Å². The number of aromatic nitrogens is 1. The van der Waals surface area contributed by atoms with Crippen molar-refractivity contribution in [2.45, 2.75) is 13.3 Å². The van der Waals surface area contributed by atoms with E-state index < -0.39 is 35.8 Å². The van der Waals surface area contributed by atoms with E-state index in [4.69, 9.17) is 16.3 Å². The molecule has 7 nitrogen and oxygen atoms in total. The molecule has 0 aliphatic carbocycles. The first-order chi connectivity index (χ1) is 14.9. The molecule has 1 amide bonds. The van der Waals surface area contributed by atoms with Crippen molar-refractivity contribution in [2.75, 3.05) is 19.0 Å². The molecule has 2 aromatic carbocycles. The minimum Gasteiger partial charge on any atom is -0.469 e. The zero-order chi connectivity index (χ0) is 22.5. The topological polar surface area (TPSA) is 94.6 Å². The molecule has 0 bridgehead atoms. The Labute approximate surface area is 182 Å². The normalized spacial score (nSPS) is 10.6. The first-order valence-electron chi connectivity index (χ1n) is 9.27. The lowest BCUT2D eigenvalue weighted by molar-refractivity contribution is -0.142. The van der Waals surface area contributed by atoms with Crippen LogP contribution in [0.5, 0.6) is 0 Å². The third-order valence-corrected chi connectivity index (χ3v) is 4.74. The lowest BCUT2D eigenvalue weighted by Gasteiger charge is -2.15. The van der Waals surface area contributed by atoms with E-state index in [1.54, 1.807) is 31.2 Å². The van der Waals surface area contributed by atoms with Crippen LogP contribution in [-0.4, -0.2) is 36.5 Å². The Morgan fingerprint density at radius 3 is 2.55 bits per heavy atom. The Hall–Kier alpha value is -3.52. The number of halogens is 2. The van der Waals surface area contributed by atoms with Gasteiger partial charge < -0.3 is 14.8 Å². The predicted octanol–water partition coefficient (Wildman–Crippen LogP) is 4.37. The first kappa shape index (κ1) is 22.2. The zero-order valence-electron chi connectivity index (χ0n) is 16.7. The monoisotopic (exact) mass is 444 g/mol. The van der Waals surface area contributed by atoms with Crippen molar-refractivity contribution in [2.24, 2.45) is 0 Å². The van der Waals surface area contributed by atoms with Gasteiger partial charge in [0.25, 0.3) is 0 Å². The molecule has 0 saturated carbocycles. The second-order valence-electron chi connectivity index (χ2n) is 6.37. The summed E-state index contributed by atoms with van der Waals surface area (Å²) in [6.07, 6.45) is 0.454. The number of carbonyl (C=O) groups excluding carboxylic acids is 3. The molecular weight excluding hydrogens is 427 g/mol. The number of nitrogens with one attached hydrogen (secondary N) is 1. The van der Waals surface area contributed by atoms with Crippen molar-refractivity contribution in [3.05, 3.63) is 59.0 Å². The maximum Gasteiger partial charge on any atom is 0.341 e. The van der Waals surface area contributed by atoms with Gasteiger partial charge in [0.15, 0.2) is 5.82 Å². The van der Waals surface area contributed by atoms with Crippen molar-refractivity contribution in [3.63, 3.8) is 0 Å². The molecule has 160 valence electrons. The van der Waals surface area contributed by atoms with Crippen LogP contribution in [-0.2, 0) is 19.1 Å². The van der Waals surface area contributed by atoms with Crippen molar-refractivity contribution in [1.29, 1.82) is 0 Å². The average Bonchev–Trinajstić information content (AvgIpc) is 2.75. The zero-order valence-corrected chi connectivity index (χ0v) is 17.5. The Morgan fingerprint density at radius 1 is 1.16 bits per heavy atom. The number of hydrogen-bond acceptors (Lipinski definition) is 6. The second kappa shape index (κ2) is 9.53. The average molecular weight is 445 g/mol. The van der Waals surface area contributed by atoms with Crippen LogP contribution in [0.3, 0.4) is 0 Å². The van der Waals surface area contributed by atoms with E-state index in [-0.39, 0.29) is 17.9 Å². The summed E-state index contributed by atoms with van der Waals surface area (Å²) in [5.41, 5.74) is -0.478. The summed E-state index contributed by atoms with van der Waals surface area (Å²) >= 11 is 6.34. The van der Waals surface area contributed by atoms with Gasteiger partial charge in [0.05, 0.1) is 19.4 Å². The molecule has 0 saturated heterocycles. The van der Waals surface area contributed by atoms with Gasteiger partial charge in [-0.1, -0.05) is 41.9 Å². The van der Waals surface area contributed by atoms with Crippen LogP contribution in [0.15, 0.2) is 42.6 Å². The first-order valence-corrected chi connectivity index (χ1v) is 9.65. The van der Waals surface area contributed by atoms with Crippen LogP contribution in [0.25, 0.3) is 22.0 Å². The molecule has 1 aromatic heterocycles. The number of amides is 1. The van der Waals surface area contributed by atoms with Gasteiger partial charge in [-0.15, -0.1) is 0 Å². The summed E-state index contributed by atoms with van der Waals surface area (Å²) < 4.78 is 25.0. The van der Waals surface area contributed by atoms with E-state index in [2.05, 4.69) is 15.0 Å². The molecule has 3 aromatic rings. The number of hydrogen-bond donors (Lipinski definition) is 1. The number of pyridine rings is 1. The molecule has 0 spiro atoms. The molecular formula is C22H18ClFN2O5. The van der Waals surface area contributed by atoms with E-state index >= 15 is 4.39 Å². The molecule has 31 heavy (non-hydrogen) atoms. The van der Waals surface area contributed by atoms with Crippen LogP contribution < -0.4 is 5.32 Å². The summed E-state index contributed by atoms with van der Waals surface area (Å²) in [7, 11) is 1.12. The van der Waals surface area contributed by atoms with Gasteiger partial charge in [-0.3, -0.25) is 14.6 Å². The van der Waals surface area contributed by atoms with Crippen molar-refractivity contribution < 1.29 is 28.2 Å².